The molecular weight excluding hydrogens is 86.1 g/mol. The predicted molar refractivity (Wildman–Crippen MR) is 32.7 cm³/mol. The van der Waals surface area contributed by atoms with E-state index in [1.54, 1.807) is 0 Å². The van der Waals surface area contributed by atoms with Crippen LogP contribution in [-0.4, -0.2) is 6.04 Å². The molecule has 7 heavy (non-hydrogen) atoms. The van der Waals surface area contributed by atoms with Crippen LogP contribution in [0.3, 0.4) is 0 Å². The molecule has 1 atom stereocenters. The van der Waals surface area contributed by atoms with Gasteiger partial charge in [0.05, 0.1) is 0 Å². The number of hydrogen-bond acceptors (Lipinski definition) is 0. The standard InChI is InChI=1S/C6H12N/c1-4-5-6(2)7-3/h3,6H,4-5H2,1-2H3/q+1. The lowest BCUT2D eigenvalue weighted by atomic mass is 10.2. The van der Waals surface area contributed by atoms with Gasteiger partial charge in [-0.3, -0.25) is 0 Å². The highest BCUT2D eigenvalue weighted by Gasteiger charge is 2.02. The van der Waals surface area contributed by atoms with Crippen molar-refractivity contribution in [2.45, 2.75) is 32.7 Å². The van der Waals surface area contributed by atoms with Crippen LogP contribution in [0.5, 0.6) is 0 Å². The van der Waals surface area contributed by atoms with Crippen LogP contribution in [0.4, 0.5) is 0 Å². The maximum Gasteiger partial charge on any atom is 0.269 e. The highest BCUT2D eigenvalue weighted by Crippen LogP contribution is 1.97. The van der Waals surface area contributed by atoms with E-state index in [9.17, 15) is 0 Å². The molecule has 0 radical (unpaired) electrons. The van der Waals surface area contributed by atoms with Crippen LogP contribution in [0.25, 0.3) is 4.85 Å². The van der Waals surface area contributed by atoms with Crippen molar-refractivity contribution in [3.63, 3.8) is 0 Å². The Morgan fingerprint density at radius 2 is 2.29 bits per heavy atom. The summed E-state index contributed by atoms with van der Waals surface area (Å²) in [5, 5.41) is 0. The topological polar surface area (TPSA) is 4.36 Å². The van der Waals surface area contributed by atoms with E-state index in [4.69, 9.17) is 6.57 Å². The molecule has 0 aromatic rings. The van der Waals surface area contributed by atoms with E-state index >= 15 is 0 Å². The molecule has 0 aliphatic rings. The first-order chi connectivity index (χ1) is 3.31. The van der Waals surface area contributed by atoms with Gasteiger partial charge in [-0.05, 0) is 6.42 Å². The van der Waals surface area contributed by atoms with Gasteiger partial charge in [-0.25, -0.2) is 0 Å². The Labute approximate surface area is 45.2 Å². The van der Waals surface area contributed by atoms with Crippen LogP contribution in [0.2, 0.25) is 0 Å². The first-order valence-corrected chi connectivity index (χ1v) is 2.71. The third kappa shape index (κ3) is 3.32. The third-order valence-electron chi connectivity index (χ3n) is 0.961. The van der Waals surface area contributed by atoms with Gasteiger partial charge in [-0.15, -0.1) is 0 Å². The predicted octanol–water partition coefficient (Wildman–Crippen LogP) is 2.14. The summed E-state index contributed by atoms with van der Waals surface area (Å²) in [4.78, 5) is 3.58. The minimum Gasteiger partial charge on any atom is -0.0840 e. The maximum atomic E-state index is 4.98. The SMILES string of the molecule is C#[N+]C(C)CCC. The molecule has 0 heterocycles. The summed E-state index contributed by atoms with van der Waals surface area (Å²) in [5.74, 6) is 0. The Balaban J connectivity index is 3.04. The summed E-state index contributed by atoms with van der Waals surface area (Å²) in [6, 6.07) is 0.352. The van der Waals surface area contributed by atoms with Crippen LogP contribution in [0, 0.1) is 6.57 Å². The average molecular weight is 98.2 g/mol. The van der Waals surface area contributed by atoms with Gasteiger partial charge >= 0.3 is 0 Å². The van der Waals surface area contributed by atoms with E-state index in [0.717, 1.165) is 6.42 Å². The van der Waals surface area contributed by atoms with E-state index in [0.29, 0.717) is 6.04 Å². The van der Waals surface area contributed by atoms with Gasteiger partial charge in [0, 0.05) is 13.3 Å². The highest BCUT2D eigenvalue weighted by atomic mass is 14.7. The smallest absolute Gasteiger partial charge is 0.0840 e. The van der Waals surface area contributed by atoms with E-state index in [1.165, 1.54) is 6.42 Å². The molecule has 1 heteroatoms. The summed E-state index contributed by atoms with van der Waals surface area (Å²) < 4.78 is 0. The van der Waals surface area contributed by atoms with Crippen molar-refractivity contribution in [3.8, 4) is 6.57 Å². The van der Waals surface area contributed by atoms with Gasteiger partial charge < -0.3 is 0 Å². The van der Waals surface area contributed by atoms with Gasteiger partial charge in [0.2, 0.25) is 0 Å². The van der Waals surface area contributed by atoms with Gasteiger partial charge in [0.25, 0.3) is 12.6 Å². The molecule has 1 unspecified atom stereocenters. The molecule has 0 aromatic carbocycles. The zero-order chi connectivity index (χ0) is 5.70. The van der Waals surface area contributed by atoms with Crippen LogP contribution in [-0.2, 0) is 0 Å². The molecule has 0 saturated carbocycles. The van der Waals surface area contributed by atoms with Crippen molar-refractivity contribution in [1.29, 1.82) is 0 Å². The Hall–Kier alpha value is -0.510. The summed E-state index contributed by atoms with van der Waals surface area (Å²) in [7, 11) is 0. The van der Waals surface area contributed by atoms with E-state index in [2.05, 4.69) is 11.8 Å². The fraction of sp³-hybridized carbons (Fsp3) is 0.833. The fourth-order valence-corrected chi connectivity index (χ4v) is 0.492. The molecule has 0 fully saturated rings. The maximum absolute atomic E-state index is 4.98. The van der Waals surface area contributed by atoms with Crippen molar-refractivity contribution < 1.29 is 0 Å². The molecular formula is C6H12N+. The molecule has 0 aliphatic carbocycles. The Kier molecular flexibility index (Phi) is 3.40. The molecule has 0 aromatic heterocycles. The molecule has 0 aliphatic heterocycles. The van der Waals surface area contributed by atoms with E-state index in [1.807, 2.05) is 6.92 Å². The van der Waals surface area contributed by atoms with Gasteiger partial charge in [-0.1, -0.05) is 11.8 Å². The van der Waals surface area contributed by atoms with E-state index in [-0.39, 0.29) is 0 Å². The average Bonchev–Trinajstić information content (AvgIpc) is 1.68. The molecule has 40 valence electrons. The van der Waals surface area contributed by atoms with Gasteiger partial charge in [0.1, 0.15) is 0 Å². The lowest BCUT2D eigenvalue weighted by molar-refractivity contribution is 0.726. The first kappa shape index (κ1) is 6.49. The molecule has 0 spiro atoms. The van der Waals surface area contributed by atoms with Crippen molar-refractivity contribution in [2.75, 3.05) is 0 Å². The summed E-state index contributed by atoms with van der Waals surface area (Å²) in [5.41, 5.74) is 0. The summed E-state index contributed by atoms with van der Waals surface area (Å²) in [6.45, 7) is 9.13. The largest absolute Gasteiger partial charge is 0.269 e. The van der Waals surface area contributed by atoms with Crippen LogP contribution >= 0.6 is 0 Å². The fourth-order valence-electron chi connectivity index (χ4n) is 0.492. The minimum absolute atomic E-state index is 0.352. The van der Waals surface area contributed by atoms with Crippen LogP contribution in [0.1, 0.15) is 26.7 Å². The number of nitrogens with zero attached hydrogens (tertiary/aromatic N) is 1. The second-order valence-corrected chi connectivity index (χ2v) is 1.79. The summed E-state index contributed by atoms with van der Waals surface area (Å²) in [6.07, 6.45) is 2.28. The Morgan fingerprint density at radius 1 is 1.71 bits per heavy atom. The molecule has 0 rings (SSSR count). The molecule has 1 nitrogen and oxygen atoms in total. The van der Waals surface area contributed by atoms with Gasteiger partial charge in [-0.2, -0.15) is 0 Å². The van der Waals surface area contributed by atoms with Crippen molar-refractivity contribution in [1.82, 2.24) is 0 Å². The first-order valence-electron chi connectivity index (χ1n) is 2.71. The van der Waals surface area contributed by atoms with Crippen LogP contribution < -0.4 is 0 Å². The van der Waals surface area contributed by atoms with Crippen molar-refractivity contribution in [2.24, 2.45) is 0 Å². The third-order valence-corrected chi connectivity index (χ3v) is 0.961. The highest BCUT2D eigenvalue weighted by molar-refractivity contribution is 4.76. The summed E-state index contributed by atoms with van der Waals surface area (Å²) >= 11 is 0. The Morgan fingerprint density at radius 3 is 2.43 bits per heavy atom. The molecule has 0 amide bonds. The van der Waals surface area contributed by atoms with Crippen LogP contribution in [0.15, 0.2) is 0 Å². The molecule has 0 bridgehead atoms. The lowest BCUT2D eigenvalue weighted by Crippen LogP contribution is -1.90. The van der Waals surface area contributed by atoms with Crippen molar-refractivity contribution in [3.05, 3.63) is 4.85 Å². The van der Waals surface area contributed by atoms with E-state index < -0.39 is 0 Å². The second kappa shape index (κ2) is 3.67. The zero-order valence-corrected chi connectivity index (χ0v) is 5.02. The molecule has 0 saturated heterocycles. The number of hydrogen-bond donors (Lipinski definition) is 0. The zero-order valence-electron chi connectivity index (χ0n) is 5.02. The Bertz CT molecular complexity index is 70.7. The second-order valence-electron chi connectivity index (χ2n) is 1.79. The lowest BCUT2D eigenvalue weighted by Gasteiger charge is -1.84. The minimum atomic E-state index is 0.352. The monoisotopic (exact) mass is 98.1 g/mol. The normalized spacial score (nSPS) is 12.7. The van der Waals surface area contributed by atoms with Gasteiger partial charge in [0.15, 0.2) is 0 Å². The molecule has 0 N–H and O–H groups in total. The number of rotatable bonds is 2. The quantitative estimate of drug-likeness (QED) is 0.498. The van der Waals surface area contributed by atoms with Crippen molar-refractivity contribution >= 4 is 0 Å².